The molecule has 0 nitrogen and oxygen atoms in total. The zero-order valence-corrected chi connectivity index (χ0v) is 11.5. The van der Waals surface area contributed by atoms with Gasteiger partial charge < -0.3 is 17.3 Å². The van der Waals surface area contributed by atoms with Crippen LogP contribution in [0.3, 0.4) is 0 Å². The van der Waals surface area contributed by atoms with Gasteiger partial charge in [0.25, 0.3) is 0 Å². The molecule has 0 fully saturated rings. The number of hydrogen-bond acceptors (Lipinski definition) is 0. The quantitative estimate of drug-likeness (QED) is 0.324. The molecule has 2 rings (SSSR count). The van der Waals surface area contributed by atoms with Crippen LogP contribution in [0.25, 0.3) is 0 Å². The van der Waals surface area contributed by atoms with Crippen LogP contribution < -0.4 is 0 Å². The van der Waals surface area contributed by atoms with Gasteiger partial charge in [-0.15, -0.1) is 6.42 Å². The third-order valence-electron chi connectivity index (χ3n) is 1.96. The van der Waals surface area contributed by atoms with E-state index in [-0.39, 0.29) is 16.5 Å². The summed E-state index contributed by atoms with van der Waals surface area (Å²) in [6, 6.07) is 0. The maximum absolute atomic E-state index is 9.75. The van der Waals surface area contributed by atoms with E-state index in [4.69, 9.17) is 0 Å². The second kappa shape index (κ2) is 13.7. The van der Waals surface area contributed by atoms with Crippen molar-refractivity contribution in [3.05, 3.63) is 48.6 Å². The van der Waals surface area contributed by atoms with Crippen LogP contribution in [0.1, 0.15) is 32.1 Å². The molecule has 2 aliphatic carbocycles. The molecule has 0 aromatic rings. The predicted octanol–water partition coefficient (Wildman–Crippen LogP) is 5.28. The van der Waals surface area contributed by atoms with Crippen molar-refractivity contribution in [3.8, 4) is 0 Å². The molecule has 0 unspecified atom stereocenters. The van der Waals surface area contributed by atoms with Gasteiger partial charge in [0.15, 0.2) is 0 Å². The molecule has 0 saturated carbocycles. The van der Waals surface area contributed by atoms with Gasteiger partial charge >= 0.3 is 23.7 Å². The van der Waals surface area contributed by atoms with Crippen LogP contribution in [0.2, 0.25) is 0 Å². The van der Waals surface area contributed by atoms with Crippen LogP contribution in [-0.2, 0) is 16.5 Å². The molecule has 0 atom stereocenters. The number of hydrogen-bond donors (Lipinski definition) is 0. The fraction of sp³-hybridized carbons (Fsp3) is 0.385. The van der Waals surface area contributed by atoms with Gasteiger partial charge in [-0.2, -0.15) is 6.08 Å². The molecule has 0 bridgehead atoms. The summed E-state index contributed by atoms with van der Waals surface area (Å²) in [5.41, 5.74) is 0. The van der Waals surface area contributed by atoms with Crippen LogP contribution in [0.4, 0.5) is 17.3 Å². The molecule has 0 heterocycles. The van der Waals surface area contributed by atoms with Gasteiger partial charge in [-0.05, 0) is 25.7 Å². The fourth-order valence-corrected chi connectivity index (χ4v) is 1.21. The molecule has 0 spiro atoms. The molecular weight excluding hydrogens is 302 g/mol. The van der Waals surface area contributed by atoms with E-state index >= 15 is 0 Å². The summed E-state index contributed by atoms with van der Waals surface area (Å²) in [5.74, 6) is 0. The van der Waals surface area contributed by atoms with Gasteiger partial charge in [0.05, 0.1) is 0 Å². The van der Waals surface area contributed by atoms with Gasteiger partial charge in [-0.3, -0.25) is 6.08 Å². The van der Waals surface area contributed by atoms with E-state index < -0.39 is 7.25 Å². The summed E-state index contributed by atoms with van der Waals surface area (Å²) < 4.78 is 39.0. The number of allylic oxidation sites excluding steroid dienone is 8. The van der Waals surface area contributed by atoms with Crippen LogP contribution in [0.15, 0.2) is 42.5 Å². The Bertz CT molecular complexity index is 276. The average Bonchev–Trinajstić information content (AvgIpc) is 2.70. The van der Waals surface area contributed by atoms with E-state index in [1.54, 1.807) is 0 Å². The Hall–Kier alpha value is -0.762. The first-order valence-corrected chi connectivity index (χ1v) is 5.91. The Morgan fingerprint density at radius 3 is 1.53 bits per heavy atom. The third kappa shape index (κ3) is 26.7. The van der Waals surface area contributed by atoms with Crippen molar-refractivity contribution in [2.75, 3.05) is 0 Å². The smallest absolute Gasteiger partial charge is 0.418 e. The van der Waals surface area contributed by atoms with E-state index in [9.17, 15) is 17.3 Å². The van der Waals surface area contributed by atoms with Gasteiger partial charge in [-0.25, -0.2) is 12.2 Å². The molecule has 0 aromatic heterocycles. The second-order valence-electron chi connectivity index (χ2n) is 3.64. The molecule has 0 amide bonds. The van der Waals surface area contributed by atoms with Crippen molar-refractivity contribution in [3.63, 3.8) is 0 Å². The largest absolute Gasteiger partial charge is 2.00 e. The summed E-state index contributed by atoms with van der Waals surface area (Å²) >= 11 is 0. The Labute approximate surface area is 122 Å². The Morgan fingerprint density at radius 2 is 1.26 bits per heavy atom. The number of halogens is 4. The summed E-state index contributed by atoms with van der Waals surface area (Å²) in [4.78, 5) is 0. The van der Waals surface area contributed by atoms with Gasteiger partial charge in [0.2, 0.25) is 0 Å². The Kier molecular flexibility index (Phi) is 14.8. The molecule has 0 aliphatic heterocycles. The van der Waals surface area contributed by atoms with Crippen molar-refractivity contribution in [1.82, 2.24) is 0 Å². The molecule has 0 aromatic carbocycles. The van der Waals surface area contributed by atoms with E-state index in [0.717, 1.165) is 6.42 Å². The van der Waals surface area contributed by atoms with E-state index in [1.165, 1.54) is 25.7 Å². The van der Waals surface area contributed by atoms with E-state index in [0.29, 0.717) is 0 Å². The fourth-order valence-electron chi connectivity index (χ4n) is 1.21. The predicted molar refractivity (Wildman–Crippen MR) is 68.5 cm³/mol. The minimum absolute atomic E-state index is 0. The minimum atomic E-state index is -6.00. The molecule has 6 heteroatoms. The maximum atomic E-state index is 9.75. The third-order valence-corrected chi connectivity index (χ3v) is 1.96. The van der Waals surface area contributed by atoms with Crippen LogP contribution in [0.5, 0.6) is 0 Å². The first-order valence-electron chi connectivity index (χ1n) is 5.91. The zero-order chi connectivity index (χ0) is 13.7. The van der Waals surface area contributed by atoms with Crippen LogP contribution in [0, 0.1) is 6.08 Å². The molecular formula is C13H17BF4Ni. The van der Waals surface area contributed by atoms with Crippen molar-refractivity contribution >= 4 is 7.25 Å². The first-order chi connectivity index (χ1) is 8.50. The van der Waals surface area contributed by atoms with Gasteiger partial charge in [0.1, 0.15) is 0 Å². The molecule has 0 saturated heterocycles. The second-order valence-corrected chi connectivity index (χ2v) is 3.64. The van der Waals surface area contributed by atoms with E-state index in [2.05, 4.69) is 36.5 Å². The monoisotopic (exact) mass is 318 g/mol. The summed E-state index contributed by atoms with van der Waals surface area (Å²) in [5, 5.41) is 0. The zero-order valence-electron chi connectivity index (χ0n) is 10.5. The summed E-state index contributed by atoms with van der Waals surface area (Å²) in [6.45, 7) is 0. The Balaban J connectivity index is 0. The van der Waals surface area contributed by atoms with Crippen molar-refractivity contribution in [2.24, 2.45) is 0 Å². The topological polar surface area (TPSA) is 0 Å². The average molecular weight is 319 g/mol. The molecule has 110 valence electrons. The minimum Gasteiger partial charge on any atom is -0.418 e. The Morgan fingerprint density at radius 1 is 0.789 bits per heavy atom. The summed E-state index contributed by atoms with van der Waals surface area (Å²) in [7, 11) is -6.00. The molecule has 0 N–H and O–H groups in total. The SMILES string of the molecule is C1=CCCCCC=C1.F[B-](F)(F)F.[C-]1=CC=CC1.[Ni+2]. The van der Waals surface area contributed by atoms with E-state index in [1.807, 2.05) is 12.2 Å². The van der Waals surface area contributed by atoms with Crippen LogP contribution >= 0.6 is 0 Å². The van der Waals surface area contributed by atoms with Crippen molar-refractivity contribution in [2.45, 2.75) is 32.1 Å². The van der Waals surface area contributed by atoms with Crippen molar-refractivity contribution < 1.29 is 33.8 Å². The number of rotatable bonds is 0. The standard InChI is InChI=1S/C8H12.C5H5.BF4.Ni/c1-2-4-6-8-7-5-3-1;1-2-4-5-3-1;2-1(3,4)5;/h1-4H,5-8H2;1-3H,4H2;;/q;2*-1;+2. The van der Waals surface area contributed by atoms with Gasteiger partial charge in [-0.1, -0.05) is 24.3 Å². The van der Waals surface area contributed by atoms with Gasteiger partial charge in [0, 0.05) is 0 Å². The molecule has 0 radical (unpaired) electrons. The first kappa shape index (κ1) is 20.6. The van der Waals surface area contributed by atoms with Crippen molar-refractivity contribution in [1.29, 1.82) is 0 Å². The molecule has 19 heavy (non-hydrogen) atoms. The normalized spacial score (nSPS) is 16.2. The maximum Gasteiger partial charge on any atom is 2.00 e. The van der Waals surface area contributed by atoms with Crippen LogP contribution in [-0.4, -0.2) is 7.25 Å². The molecule has 2 aliphatic rings. The summed E-state index contributed by atoms with van der Waals surface area (Å²) in [6.07, 6.45) is 24.0.